The lowest BCUT2D eigenvalue weighted by Gasteiger charge is -2.22. The van der Waals surface area contributed by atoms with E-state index in [9.17, 15) is 16.8 Å². The van der Waals surface area contributed by atoms with Crippen LogP contribution in [0.5, 0.6) is 5.75 Å². The molecule has 0 aliphatic heterocycles. The van der Waals surface area contributed by atoms with Crippen LogP contribution in [0.2, 0.25) is 10.0 Å². The van der Waals surface area contributed by atoms with Gasteiger partial charge in [-0.25, -0.2) is 21.8 Å². The molecule has 0 fully saturated rings. The van der Waals surface area contributed by atoms with Crippen LogP contribution in [0.3, 0.4) is 0 Å². The Hall–Kier alpha value is -2.44. The van der Waals surface area contributed by atoms with Gasteiger partial charge in [-0.15, -0.1) is 0 Å². The zero-order valence-electron chi connectivity index (χ0n) is 17.2. The molecule has 2 aromatic heterocycles. The molecule has 3 aromatic rings. The quantitative estimate of drug-likeness (QED) is 0.489. The van der Waals surface area contributed by atoms with E-state index in [0.29, 0.717) is 0 Å². The van der Waals surface area contributed by atoms with Gasteiger partial charge in [0, 0.05) is 49.3 Å². The number of aromatic amines is 1. The monoisotopic (exact) mass is 518 g/mol. The molecular formula is C19H20Cl2N4O5S2. The maximum absolute atomic E-state index is 12.3. The first-order valence-electron chi connectivity index (χ1n) is 8.78. The minimum atomic E-state index is -4.61. The van der Waals surface area contributed by atoms with Gasteiger partial charge in [0.1, 0.15) is 30.7 Å². The van der Waals surface area contributed by atoms with E-state index in [4.69, 9.17) is 27.9 Å². The summed E-state index contributed by atoms with van der Waals surface area (Å²) >= 11 is 11.5. The SMILES string of the molecule is CN(C)c1cc[nH+]cc1.COc1ccncc1S(=O)(=O)[N-]S(=O)(=O)c1cc(Cl)ccc1Cl. The Labute approximate surface area is 197 Å². The smallest absolute Gasteiger partial charge is 0.169 e. The second-order valence-electron chi connectivity index (χ2n) is 6.28. The van der Waals surface area contributed by atoms with Crippen LogP contribution in [-0.4, -0.2) is 43.0 Å². The first kappa shape index (κ1) is 25.8. The zero-order valence-corrected chi connectivity index (χ0v) is 20.4. The molecule has 0 saturated carbocycles. The first-order chi connectivity index (χ1) is 15.0. The fourth-order valence-electron chi connectivity index (χ4n) is 2.29. The molecule has 1 aromatic carbocycles. The van der Waals surface area contributed by atoms with Crippen molar-refractivity contribution in [2.45, 2.75) is 9.79 Å². The molecule has 3 rings (SSSR count). The van der Waals surface area contributed by atoms with Crippen molar-refractivity contribution in [2.24, 2.45) is 0 Å². The average molecular weight is 519 g/mol. The number of ether oxygens (including phenoxy) is 1. The van der Waals surface area contributed by atoms with E-state index in [1.165, 1.54) is 37.2 Å². The van der Waals surface area contributed by atoms with Gasteiger partial charge in [-0.2, -0.15) is 0 Å². The Morgan fingerprint density at radius 1 is 0.969 bits per heavy atom. The second kappa shape index (κ2) is 10.9. The third-order valence-corrected chi connectivity index (χ3v) is 7.83. The molecule has 0 aliphatic carbocycles. The first-order valence-corrected chi connectivity index (χ1v) is 12.4. The molecule has 0 unspecified atom stereocenters. The molecule has 172 valence electrons. The van der Waals surface area contributed by atoms with E-state index >= 15 is 0 Å². The van der Waals surface area contributed by atoms with Crippen molar-refractivity contribution in [3.05, 3.63) is 75.4 Å². The van der Waals surface area contributed by atoms with Crippen molar-refractivity contribution in [1.29, 1.82) is 0 Å². The highest BCUT2D eigenvalue weighted by Gasteiger charge is 2.19. The number of aromatic nitrogens is 2. The summed E-state index contributed by atoms with van der Waals surface area (Å²) in [6.45, 7) is 0. The van der Waals surface area contributed by atoms with E-state index < -0.39 is 29.8 Å². The number of H-pyrrole nitrogens is 1. The molecule has 0 atom stereocenters. The van der Waals surface area contributed by atoms with E-state index in [0.717, 1.165) is 12.3 Å². The van der Waals surface area contributed by atoms with Gasteiger partial charge in [0.05, 0.1) is 17.0 Å². The van der Waals surface area contributed by atoms with E-state index in [1.54, 1.807) is 0 Å². The number of rotatable bonds is 6. The Morgan fingerprint density at radius 3 is 2.16 bits per heavy atom. The van der Waals surface area contributed by atoms with Crippen molar-refractivity contribution in [3.8, 4) is 5.75 Å². The Morgan fingerprint density at radius 2 is 1.59 bits per heavy atom. The van der Waals surface area contributed by atoms with Crippen molar-refractivity contribution in [2.75, 3.05) is 26.1 Å². The lowest BCUT2D eigenvalue weighted by atomic mass is 10.4. The Bertz CT molecular complexity index is 1270. The number of sulfonamides is 2. The van der Waals surface area contributed by atoms with Gasteiger partial charge in [0.15, 0.2) is 12.4 Å². The normalized spacial score (nSPS) is 11.3. The van der Waals surface area contributed by atoms with E-state index in [-0.39, 0.29) is 15.8 Å². The van der Waals surface area contributed by atoms with Gasteiger partial charge in [0.25, 0.3) is 0 Å². The number of nitrogens with one attached hydrogen (secondary N) is 1. The topological polar surface area (TPSA) is 122 Å². The lowest BCUT2D eigenvalue weighted by Crippen LogP contribution is -2.10. The number of anilines is 1. The van der Waals surface area contributed by atoms with Crippen LogP contribution in [0.25, 0.3) is 4.13 Å². The van der Waals surface area contributed by atoms with Crippen molar-refractivity contribution >= 4 is 48.9 Å². The molecular weight excluding hydrogens is 499 g/mol. The van der Waals surface area contributed by atoms with E-state index in [2.05, 4.69) is 19.0 Å². The van der Waals surface area contributed by atoms with Crippen LogP contribution >= 0.6 is 23.2 Å². The van der Waals surface area contributed by atoms with Crippen molar-refractivity contribution < 1.29 is 26.6 Å². The highest BCUT2D eigenvalue weighted by atomic mass is 35.5. The van der Waals surface area contributed by atoms with Crippen LogP contribution in [0.4, 0.5) is 5.69 Å². The summed E-state index contributed by atoms with van der Waals surface area (Å²) in [6.07, 6.45) is 6.05. The van der Waals surface area contributed by atoms with Gasteiger partial charge in [-0.05, 0) is 24.3 Å². The van der Waals surface area contributed by atoms with Gasteiger partial charge >= 0.3 is 0 Å². The second-order valence-corrected chi connectivity index (χ2v) is 10.5. The zero-order chi connectivity index (χ0) is 23.9. The Balaban J connectivity index is 0.000000336. The highest BCUT2D eigenvalue weighted by Crippen LogP contribution is 2.34. The fraction of sp³-hybridized carbons (Fsp3) is 0.158. The molecule has 0 spiro atoms. The van der Waals surface area contributed by atoms with Gasteiger partial charge in [-0.1, -0.05) is 23.2 Å². The van der Waals surface area contributed by atoms with E-state index in [1.807, 2.05) is 38.6 Å². The number of hydrogen-bond donors (Lipinski definition) is 0. The molecule has 1 N–H and O–H groups in total. The number of benzene rings is 1. The minimum absolute atomic E-state index is 0.0690. The fourth-order valence-corrected chi connectivity index (χ4v) is 5.80. The summed E-state index contributed by atoms with van der Waals surface area (Å²) in [5.74, 6) is -0.0869. The van der Waals surface area contributed by atoms with Gasteiger partial charge in [-0.3, -0.25) is 4.98 Å². The van der Waals surface area contributed by atoms with Crippen LogP contribution in [0, 0.1) is 0 Å². The maximum Gasteiger partial charge on any atom is 0.169 e. The summed E-state index contributed by atoms with van der Waals surface area (Å²) in [5, 5.41) is -0.133. The predicted octanol–water partition coefficient (Wildman–Crippen LogP) is 3.42. The number of hydrogen-bond acceptors (Lipinski definition) is 7. The van der Waals surface area contributed by atoms with Crippen LogP contribution in [-0.2, 0) is 20.0 Å². The molecule has 9 nitrogen and oxygen atoms in total. The molecule has 2 heterocycles. The molecule has 0 amide bonds. The summed E-state index contributed by atoms with van der Waals surface area (Å²) in [4.78, 5) is 7.66. The number of nitrogens with zero attached hydrogens (tertiary/aromatic N) is 3. The predicted molar refractivity (Wildman–Crippen MR) is 122 cm³/mol. The third kappa shape index (κ3) is 6.78. The standard InChI is InChI=1S/C12H9Cl2N2O5S2.C7H10N2/c1-21-10-4-5-15-7-12(10)23(19,20)16-22(17,18)11-6-8(13)2-3-9(11)14;1-9(2)7-3-5-8-6-4-7/h2-7H,1H3;3-6H,1-2H3/q-1;/p+1. The van der Waals surface area contributed by atoms with Crippen molar-refractivity contribution in [1.82, 2.24) is 4.98 Å². The Kier molecular flexibility index (Phi) is 8.81. The molecule has 13 heteroatoms. The largest absolute Gasteiger partial charge is 0.495 e. The van der Waals surface area contributed by atoms with Crippen LogP contribution in [0.15, 0.2) is 71.0 Å². The summed E-state index contributed by atoms with van der Waals surface area (Å²) in [6, 6.07) is 8.92. The number of methoxy groups -OCH3 is 1. The molecule has 0 bridgehead atoms. The summed E-state index contributed by atoms with van der Waals surface area (Å²) < 4.78 is 56.8. The summed E-state index contributed by atoms with van der Waals surface area (Å²) in [7, 11) is -3.92. The van der Waals surface area contributed by atoms with Crippen LogP contribution in [0.1, 0.15) is 0 Å². The number of halogens is 2. The third-order valence-electron chi connectivity index (χ3n) is 3.83. The molecule has 0 saturated heterocycles. The van der Waals surface area contributed by atoms with Gasteiger partial charge < -0.3 is 13.8 Å². The maximum atomic E-state index is 12.3. The van der Waals surface area contributed by atoms with Crippen molar-refractivity contribution in [3.63, 3.8) is 0 Å². The molecule has 0 aliphatic rings. The lowest BCUT2D eigenvalue weighted by molar-refractivity contribution is -0.377. The highest BCUT2D eigenvalue weighted by molar-refractivity contribution is 8.12. The van der Waals surface area contributed by atoms with Crippen LogP contribution < -0.4 is 14.6 Å². The molecule has 32 heavy (non-hydrogen) atoms. The van der Waals surface area contributed by atoms with Gasteiger partial charge in [0.2, 0.25) is 0 Å². The average Bonchev–Trinajstić information content (AvgIpc) is 2.75. The summed E-state index contributed by atoms with van der Waals surface area (Å²) in [5.41, 5.74) is 1.22. The number of pyridine rings is 2. The molecule has 0 radical (unpaired) electrons. The minimum Gasteiger partial charge on any atom is -0.495 e.